The fourth-order valence-electron chi connectivity index (χ4n) is 2.46. The summed E-state index contributed by atoms with van der Waals surface area (Å²) in [6.07, 6.45) is 0. The summed E-state index contributed by atoms with van der Waals surface area (Å²) < 4.78 is 0. The zero-order valence-electron chi connectivity index (χ0n) is 11.8. The van der Waals surface area contributed by atoms with Crippen LogP contribution in [0.25, 0.3) is 0 Å². The second-order valence-corrected chi connectivity index (χ2v) is 5.67. The van der Waals surface area contributed by atoms with Crippen molar-refractivity contribution in [1.82, 2.24) is 9.80 Å². The van der Waals surface area contributed by atoms with Crippen molar-refractivity contribution in [2.45, 2.75) is 25.9 Å². The van der Waals surface area contributed by atoms with Crippen LogP contribution in [0.1, 0.15) is 19.4 Å². The third kappa shape index (κ3) is 3.33. The maximum Gasteiger partial charge on any atom is 0.237 e. The molecule has 4 heteroatoms. The summed E-state index contributed by atoms with van der Waals surface area (Å²) in [5, 5.41) is 0. The molecule has 0 aliphatic carbocycles. The SMILES string of the molecule is CC(C)(C(N)=O)N1CCN(Cc2ccccc2)CC1. The van der Waals surface area contributed by atoms with E-state index in [1.165, 1.54) is 5.56 Å². The van der Waals surface area contributed by atoms with Crippen molar-refractivity contribution in [1.29, 1.82) is 0 Å². The van der Waals surface area contributed by atoms with Crippen LogP contribution in [0.2, 0.25) is 0 Å². The second kappa shape index (κ2) is 5.72. The molecule has 1 aliphatic heterocycles. The van der Waals surface area contributed by atoms with Crippen molar-refractivity contribution < 1.29 is 4.79 Å². The van der Waals surface area contributed by atoms with Crippen LogP contribution in [0.4, 0.5) is 0 Å². The number of hydrogen-bond donors (Lipinski definition) is 1. The van der Waals surface area contributed by atoms with Crippen LogP contribution < -0.4 is 5.73 Å². The first-order valence-corrected chi connectivity index (χ1v) is 6.81. The first-order chi connectivity index (χ1) is 9.00. The minimum absolute atomic E-state index is 0.246. The largest absolute Gasteiger partial charge is 0.368 e. The third-order valence-corrected chi connectivity index (χ3v) is 4.01. The average molecular weight is 261 g/mol. The van der Waals surface area contributed by atoms with Gasteiger partial charge in [0.1, 0.15) is 0 Å². The quantitative estimate of drug-likeness (QED) is 0.882. The molecule has 1 fully saturated rings. The molecule has 4 nitrogen and oxygen atoms in total. The van der Waals surface area contributed by atoms with Crippen molar-refractivity contribution in [3.8, 4) is 0 Å². The van der Waals surface area contributed by atoms with Crippen LogP contribution in [-0.4, -0.2) is 47.4 Å². The molecule has 1 aromatic rings. The second-order valence-electron chi connectivity index (χ2n) is 5.67. The number of nitrogens with two attached hydrogens (primary N) is 1. The molecule has 0 saturated carbocycles. The van der Waals surface area contributed by atoms with Gasteiger partial charge in [0.05, 0.1) is 5.54 Å². The van der Waals surface area contributed by atoms with E-state index in [4.69, 9.17) is 5.73 Å². The molecule has 2 rings (SSSR count). The van der Waals surface area contributed by atoms with Gasteiger partial charge >= 0.3 is 0 Å². The zero-order valence-corrected chi connectivity index (χ0v) is 11.8. The minimum atomic E-state index is -0.543. The molecule has 104 valence electrons. The third-order valence-electron chi connectivity index (χ3n) is 4.01. The van der Waals surface area contributed by atoms with Crippen LogP contribution in [0, 0.1) is 0 Å². The molecule has 0 aromatic heterocycles. The number of benzene rings is 1. The van der Waals surface area contributed by atoms with E-state index in [9.17, 15) is 4.79 Å². The lowest BCUT2D eigenvalue weighted by Gasteiger charge is -2.42. The van der Waals surface area contributed by atoms with Gasteiger partial charge in [-0.3, -0.25) is 14.6 Å². The van der Waals surface area contributed by atoms with Crippen molar-refractivity contribution in [3.05, 3.63) is 35.9 Å². The molecule has 2 N–H and O–H groups in total. The standard InChI is InChI=1S/C15H23N3O/c1-15(2,14(16)19)18-10-8-17(9-11-18)12-13-6-4-3-5-7-13/h3-7H,8-12H2,1-2H3,(H2,16,19). The van der Waals surface area contributed by atoms with E-state index in [2.05, 4.69) is 34.1 Å². The predicted octanol–water partition coefficient (Wildman–Crippen LogP) is 1.07. The highest BCUT2D eigenvalue weighted by atomic mass is 16.1. The molecule has 0 bridgehead atoms. The number of amides is 1. The van der Waals surface area contributed by atoms with E-state index in [-0.39, 0.29) is 5.91 Å². The number of rotatable bonds is 4. The minimum Gasteiger partial charge on any atom is -0.368 e. The maximum absolute atomic E-state index is 11.5. The Morgan fingerprint density at radius 3 is 2.26 bits per heavy atom. The molecule has 1 saturated heterocycles. The lowest BCUT2D eigenvalue weighted by molar-refractivity contribution is -0.129. The van der Waals surface area contributed by atoms with Gasteiger partial charge in [-0.1, -0.05) is 30.3 Å². The van der Waals surface area contributed by atoms with E-state index in [0.717, 1.165) is 32.7 Å². The first kappa shape index (κ1) is 14.0. The molecule has 0 spiro atoms. The molecule has 1 heterocycles. The number of piperazine rings is 1. The van der Waals surface area contributed by atoms with Gasteiger partial charge < -0.3 is 5.73 Å². The summed E-state index contributed by atoms with van der Waals surface area (Å²) >= 11 is 0. The Balaban J connectivity index is 1.88. The number of nitrogens with zero attached hydrogens (tertiary/aromatic N) is 2. The normalized spacial score (nSPS) is 18.4. The summed E-state index contributed by atoms with van der Waals surface area (Å²) in [6, 6.07) is 10.5. The lowest BCUT2D eigenvalue weighted by atomic mass is 10.0. The van der Waals surface area contributed by atoms with Gasteiger partial charge in [-0.05, 0) is 19.4 Å². The summed E-state index contributed by atoms with van der Waals surface area (Å²) in [4.78, 5) is 16.1. The van der Waals surface area contributed by atoms with E-state index in [1.807, 2.05) is 19.9 Å². The highest BCUT2D eigenvalue weighted by Gasteiger charge is 2.34. The number of carbonyl (C=O) groups excluding carboxylic acids is 1. The molecule has 0 atom stereocenters. The summed E-state index contributed by atoms with van der Waals surface area (Å²) in [5.41, 5.74) is 6.26. The van der Waals surface area contributed by atoms with E-state index in [0.29, 0.717) is 0 Å². The fourth-order valence-corrected chi connectivity index (χ4v) is 2.46. The Labute approximate surface area is 115 Å². The zero-order chi connectivity index (χ0) is 13.9. The maximum atomic E-state index is 11.5. The summed E-state index contributed by atoms with van der Waals surface area (Å²) in [5.74, 6) is -0.246. The van der Waals surface area contributed by atoms with Crippen LogP contribution in [0.15, 0.2) is 30.3 Å². The summed E-state index contributed by atoms with van der Waals surface area (Å²) in [7, 11) is 0. The van der Waals surface area contributed by atoms with E-state index < -0.39 is 5.54 Å². The number of hydrogen-bond acceptors (Lipinski definition) is 3. The van der Waals surface area contributed by atoms with Gasteiger partial charge in [0.2, 0.25) is 5.91 Å². The molecular formula is C15H23N3O. The van der Waals surface area contributed by atoms with Crippen molar-refractivity contribution >= 4 is 5.91 Å². The van der Waals surface area contributed by atoms with Gasteiger partial charge in [0.25, 0.3) is 0 Å². The van der Waals surface area contributed by atoms with Gasteiger partial charge in [0.15, 0.2) is 0 Å². The lowest BCUT2D eigenvalue weighted by Crippen LogP contribution is -2.59. The van der Waals surface area contributed by atoms with Crippen LogP contribution in [0.3, 0.4) is 0 Å². The van der Waals surface area contributed by atoms with Crippen LogP contribution >= 0.6 is 0 Å². The van der Waals surface area contributed by atoms with Crippen molar-refractivity contribution in [3.63, 3.8) is 0 Å². The Morgan fingerprint density at radius 1 is 1.16 bits per heavy atom. The van der Waals surface area contributed by atoms with Crippen molar-refractivity contribution in [2.24, 2.45) is 5.73 Å². The smallest absolute Gasteiger partial charge is 0.237 e. The van der Waals surface area contributed by atoms with Gasteiger partial charge in [-0.25, -0.2) is 0 Å². The molecule has 1 aromatic carbocycles. The molecule has 19 heavy (non-hydrogen) atoms. The predicted molar refractivity (Wildman–Crippen MR) is 76.6 cm³/mol. The highest BCUT2D eigenvalue weighted by Crippen LogP contribution is 2.17. The first-order valence-electron chi connectivity index (χ1n) is 6.81. The van der Waals surface area contributed by atoms with Crippen LogP contribution in [0.5, 0.6) is 0 Å². The van der Waals surface area contributed by atoms with Crippen LogP contribution in [-0.2, 0) is 11.3 Å². The number of primary amides is 1. The Bertz CT molecular complexity index is 422. The Hall–Kier alpha value is -1.39. The summed E-state index contributed by atoms with van der Waals surface area (Å²) in [6.45, 7) is 8.53. The van der Waals surface area contributed by atoms with E-state index >= 15 is 0 Å². The molecular weight excluding hydrogens is 238 g/mol. The van der Waals surface area contributed by atoms with Crippen molar-refractivity contribution in [2.75, 3.05) is 26.2 Å². The number of carbonyl (C=O) groups is 1. The monoisotopic (exact) mass is 261 g/mol. The fraction of sp³-hybridized carbons (Fsp3) is 0.533. The highest BCUT2D eigenvalue weighted by molar-refractivity contribution is 5.83. The molecule has 0 radical (unpaired) electrons. The topological polar surface area (TPSA) is 49.6 Å². The average Bonchev–Trinajstić information content (AvgIpc) is 2.40. The van der Waals surface area contributed by atoms with Gasteiger partial charge in [0, 0.05) is 32.7 Å². The van der Waals surface area contributed by atoms with Gasteiger partial charge in [-0.15, -0.1) is 0 Å². The van der Waals surface area contributed by atoms with Gasteiger partial charge in [-0.2, -0.15) is 0 Å². The Kier molecular flexibility index (Phi) is 4.22. The molecule has 0 unspecified atom stereocenters. The Morgan fingerprint density at radius 2 is 1.74 bits per heavy atom. The van der Waals surface area contributed by atoms with E-state index in [1.54, 1.807) is 0 Å². The molecule has 1 amide bonds. The molecule has 1 aliphatic rings.